The van der Waals surface area contributed by atoms with Gasteiger partial charge in [0, 0.05) is 12.7 Å². The Labute approximate surface area is 63.1 Å². The molecule has 0 heterocycles. The van der Waals surface area contributed by atoms with E-state index >= 15 is 0 Å². The number of hydrogen-bond donors (Lipinski definition) is 2. The van der Waals surface area contributed by atoms with Gasteiger partial charge in [0.2, 0.25) is 7.44 Å². The average molecular weight is 164 g/mol. The molecule has 0 rings (SSSR count). The van der Waals surface area contributed by atoms with E-state index in [1.54, 1.807) is 7.05 Å². The van der Waals surface area contributed by atoms with Crippen molar-refractivity contribution < 1.29 is 4.57 Å². The van der Waals surface area contributed by atoms with Crippen LogP contribution in [0.3, 0.4) is 0 Å². The summed E-state index contributed by atoms with van der Waals surface area (Å²) in [6.07, 6.45) is 1.69. The van der Waals surface area contributed by atoms with Crippen LogP contribution in [0, 0.1) is 0 Å². The van der Waals surface area contributed by atoms with Gasteiger partial charge in [-0.2, -0.15) is 0 Å². The molecule has 0 aromatic rings. The molecule has 4 heteroatoms. The first-order valence-electron chi connectivity index (χ1n) is 3.71. The second-order valence-electron chi connectivity index (χ2n) is 2.19. The standard InChI is InChI=1S/C6H17N2OP/c1-4-6-8-10(9,5-2)7-3/h4-6H2,1-3H3,(H2,7,8,9). The highest BCUT2D eigenvalue weighted by Crippen LogP contribution is 2.33. The highest BCUT2D eigenvalue weighted by Gasteiger charge is 2.13. The summed E-state index contributed by atoms with van der Waals surface area (Å²) in [5.41, 5.74) is 0. The van der Waals surface area contributed by atoms with E-state index < -0.39 is 7.44 Å². The maximum absolute atomic E-state index is 11.5. The van der Waals surface area contributed by atoms with Crippen LogP contribution in [-0.2, 0) is 4.57 Å². The maximum atomic E-state index is 11.5. The summed E-state index contributed by atoms with van der Waals surface area (Å²) < 4.78 is 11.5. The van der Waals surface area contributed by atoms with Crippen LogP contribution in [0.15, 0.2) is 0 Å². The van der Waals surface area contributed by atoms with Crippen LogP contribution in [0.4, 0.5) is 0 Å². The third kappa shape index (κ3) is 3.35. The van der Waals surface area contributed by atoms with Gasteiger partial charge >= 0.3 is 0 Å². The van der Waals surface area contributed by atoms with E-state index in [4.69, 9.17) is 0 Å². The predicted molar refractivity (Wildman–Crippen MR) is 45.5 cm³/mol. The zero-order valence-electron chi connectivity index (χ0n) is 6.98. The van der Waals surface area contributed by atoms with E-state index in [2.05, 4.69) is 17.1 Å². The number of hydrogen-bond acceptors (Lipinski definition) is 1. The minimum Gasteiger partial charge on any atom is -0.289 e. The summed E-state index contributed by atoms with van der Waals surface area (Å²) >= 11 is 0. The van der Waals surface area contributed by atoms with Crippen LogP contribution in [0.2, 0.25) is 0 Å². The Morgan fingerprint density at radius 1 is 1.40 bits per heavy atom. The third-order valence-corrected chi connectivity index (χ3v) is 3.77. The highest BCUT2D eigenvalue weighted by atomic mass is 31.2. The van der Waals surface area contributed by atoms with Crippen molar-refractivity contribution in [2.24, 2.45) is 0 Å². The van der Waals surface area contributed by atoms with Crippen LogP contribution in [0.5, 0.6) is 0 Å². The van der Waals surface area contributed by atoms with Gasteiger partial charge in [0.1, 0.15) is 0 Å². The molecule has 0 bridgehead atoms. The SMILES string of the molecule is CCCNP(=O)(CC)NC. The fourth-order valence-corrected chi connectivity index (χ4v) is 1.92. The molecule has 1 unspecified atom stereocenters. The molecule has 0 aliphatic rings. The summed E-state index contributed by atoms with van der Waals surface area (Å²) in [5, 5.41) is 5.80. The van der Waals surface area contributed by atoms with E-state index in [1.165, 1.54) is 0 Å². The second-order valence-corrected chi connectivity index (χ2v) is 5.06. The molecular formula is C6H17N2OP. The monoisotopic (exact) mass is 164 g/mol. The van der Waals surface area contributed by atoms with E-state index in [1.807, 2.05) is 6.92 Å². The highest BCUT2D eigenvalue weighted by molar-refractivity contribution is 7.59. The first-order chi connectivity index (χ1) is 4.68. The molecule has 0 saturated heterocycles. The lowest BCUT2D eigenvalue weighted by molar-refractivity contribution is 0.557. The Balaban J connectivity index is 3.70. The summed E-state index contributed by atoms with van der Waals surface area (Å²) in [6, 6.07) is 0. The quantitative estimate of drug-likeness (QED) is 0.604. The Morgan fingerprint density at radius 2 is 2.00 bits per heavy atom. The van der Waals surface area contributed by atoms with Crippen LogP contribution < -0.4 is 10.2 Å². The van der Waals surface area contributed by atoms with E-state index in [0.717, 1.165) is 13.0 Å². The largest absolute Gasteiger partial charge is 0.289 e. The Morgan fingerprint density at radius 3 is 2.30 bits per heavy atom. The molecule has 0 amide bonds. The van der Waals surface area contributed by atoms with E-state index in [-0.39, 0.29) is 0 Å². The normalized spacial score (nSPS) is 16.7. The molecule has 0 aliphatic carbocycles. The van der Waals surface area contributed by atoms with Crippen LogP contribution >= 0.6 is 7.44 Å². The van der Waals surface area contributed by atoms with Crippen molar-refractivity contribution >= 4 is 7.44 Å². The summed E-state index contributed by atoms with van der Waals surface area (Å²) in [7, 11) is -0.469. The van der Waals surface area contributed by atoms with Gasteiger partial charge < -0.3 is 0 Å². The smallest absolute Gasteiger partial charge is 0.210 e. The molecule has 10 heavy (non-hydrogen) atoms. The average Bonchev–Trinajstić information content (AvgIpc) is 2.00. The number of nitrogens with one attached hydrogen (secondary N) is 2. The lowest BCUT2D eigenvalue weighted by Crippen LogP contribution is -2.21. The molecule has 3 nitrogen and oxygen atoms in total. The van der Waals surface area contributed by atoms with Gasteiger partial charge in [-0.1, -0.05) is 13.8 Å². The van der Waals surface area contributed by atoms with Crippen molar-refractivity contribution in [2.75, 3.05) is 19.8 Å². The second kappa shape index (κ2) is 4.89. The van der Waals surface area contributed by atoms with E-state index in [9.17, 15) is 4.57 Å². The maximum Gasteiger partial charge on any atom is 0.210 e. The molecule has 1 atom stereocenters. The lowest BCUT2D eigenvalue weighted by Gasteiger charge is -2.15. The molecule has 0 fully saturated rings. The minimum absolute atomic E-state index is 0.670. The fourth-order valence-electron chi connectivity index (χ4n) is 0.641. The van der Waals surface area contributed by atoms with Gasteiger partial charge in [0.15, 0.2) is 0 Å². The molecule has 0 aromatic heterocycles. The minimum atomic E-state index is -2.20. The summed E-state index contributed by atoms with van der Waals surface area (Å²) in [4.78, 5) is 0. The topological polar surface area (TPSA) is 41.1 Å². The molecule has 0 aromatic carbocycles. The Hall–Kier alpha value is 0.150. The fraction of sp³-hybridized carbons (Fsp3) is 1.00. The van der Waals surface area contributed by atoms with Crippen LogP contribution in [-0.4, -0.2) is 19.8 Å². The molecule has 0 saturated carbocycles. The van der Waals surface area contributed by atoms with Crippen molar-refractivity contribution in [2.45, 2.75) is 20.3 Å². The zero-order chi connectivity index (χ0) is 8.04. The predicted octanol–water partition coefficient (Wildman–Crippen LogP) is 1.42. The van der Waals surface area contributed by atoms with Crippen molar-refractivity contribution in [3.63, 3.8) is 0 Å². The van der Waals surface area contributed by atoms with Gasteiger partial charge in [0.05, 0.1) is 0 Å². The zero-order valence-corrected chi connectivity index (χ0v) is 7.87. The van der Waals surface area contributed by atoms with Gasteiger partial charge in [-0.3, -0.25) is 14.7 Å². The first kappa shape index (κ1) is 10.2. The van der Waals surface area contributed by atoms with E-state index in [0.29, 0.717) is 6.16 Å². The van der Waals surface area contributed by atoms with Crippen LogP contribution in [0.1, 0.15) is 20.3 Å². The van der Waals surface area contributed by atoms with Gasteiger partial charge in [-0.05, 0) is 13.5 Å². The summed E-state index contributed by atoms with van der Waals surface area (Å²) in [6.45, 7) is 4.80. The molecule has 62 valence electrons. The Bertz CT molecular complexity index is 119. The Kier molecular flexibility index (Phi) is 4.96. The molecule has 0 radical (unpaired) electrons. The summed E-state index contributed by atoms with van der Waals surface area (Å²) in [5.74, 6) is 0. The third-order valence-electron chi connectivity index (χ3n) is 1.42. The van der Waals surface area contributed by atoms with Crippen molar-refractivity contribution in [1.82, 2.24) is 10.2 Å². The van der Waals surface area contributed by atoms with Crippen molar-refractivity contribution in [1.29, 1.82) is 0 Å². The first-order valence-corrected chi connectivity index (χ1v) is 5.61. The molecule has 0 aliphatic heterocycles. The number of rotatable bonds is 5. The van der Waals surface area contributed by atoms with Gasteiger partial charge in [-0.15, -0.1) is 0 Å². The molecule has 0 spiro atoms. The van der Waals surface area contributed by atoms with Crippen molar-refractivity contribution in [3.05, 3.63) is 0 Å². The lowest BCUT2D eigenvalue weighted by atomic mass is 10.5. The van der Waals surface area contributed by atoms with Gasteiger partial charge in [-0.25, -0.2) is 0 Å². The van der Waals surface area contributed by atoms with Crippen LogP contribution in [0.25, 0.3) is 0 Å². The molecular weight excluding hydrogens is 147 g/mol. The van der Waals surface area contributed by atoms with Crippen molar-refractivity contribution in [3.8, 4) is 0 Å². The molecule has 2 N–H and O–H groups in total. The van der Waals surface area contributed by atoms with Gasteiger partial charge in [0.25, 0.3) is 0 Å².